The summed E-state index contributed by atoms with van der Waals surface area (Å²) in [6.45, 7) is 4.22. The van der Waals surface area contributed by atoms with Gasteiger partial charge in [-0.15, -0.1) is 0 Å². The molecule has 100 valence electrons. The third kappa shape index (κ3) is 2.90. The molecule has 0 saturated heterocycles. The lowest BCUT2D eigenvalue weighted by Crippen LogP contribution is -2.06. The van der Waals surface area contributed by atoms with Gasteiger partial charge in [-0.1, -0.05) is 0 Å². The molecule has 7 nitrogen and oxygen atoms in total. The molecule has 0 spiro atoms. The normalized spacial score (nSPS) is 10.5. The predicted molar refractivity (Wildman–Crippen MR) is 74.0 cm³/mol. The molecule has 0 radical (unpaired) electrons. The van der Waals surface area contributed by atoms with E-state index >= 15 is 0 Å². The molecule has 0 atom stereocenters. The lowest BCUT2D eigenvalue weighted by atomic mass is 10.2. The first-order valence-corrected chi connectivity index (χ1v) is 6.32. The van der Waals surface area contributed by atoms with Crippen LogP contribution in [0.25, 0.3) is 0 Å². The number of nitro groups is 1. The van der Waals surface area contributed by atoms with Crippen molar-refractivity contribution in [3.05, 3.63) is 43.8 Å². The van der Waals surface area contributed by atoms with Crippen molar-refractivity contribution in [2.24, 2.45) is 0 Å². The highest BCUT2D eigenvalue weighted by Gasteiger charge is 2.16. The topological polar surface area (TPSA) is 96.7 Å². The van der Waals surface area contributed by atoms with Gasteiger partial charge >= 0.3 is 5.69 Å². The van der Waals surface area contributed by atoms with Crippen LogP contribution in [0.1, 0.15) is 17.0 Å². The molecular weight excluding hydrogens is 314 g/mol. The summed E-state index contributed by atoms with van der Waals surface area (Å²) in [5.74, 6) is 0.244. The molecule has 2 rings (SSSR count). The van der Waals surface area contributed by atoms with Crippen LogP contribution < -0.4 is 5.32 Å². The van der Waals surface area contributed by atoms with Crippen molar-refractivity contribution in [1.82, 2.24) is 15.2 Å². The fourth-order valence-corrected chi connectivity index (χ4v) is 2.03. The molecule has 19 heavy (non-hydrogen) atoms. The smallest absolute Gasteiger partial charge is 0.312 e. The first kappa shape index (κ1) is 13.5. The number of aryl methyl sites for hydroxylation is 2. The van der Waals surface area contributed by atoms with Gasteiger partial charge in [-0.3, -0.25) is 15.2 Å². The number of nitrogens with one attached hydrogen (secondary N) is 2. The van der Waals surface area contributed by atoms with Gasteiger partial charge in [0.05, 0.1) is 10.6 Å². The van der Waals surface area contributed by atoms with Crippen LogP contribution >= 0.6 is 15.9 Å². The summed E-state index contributed by atoms with van der Waals surface area (Å²) in [5, 5.41) is 20.9. The molecule has 0 aliphatic heterocycles. The maximum absolute atomic E-state index is 11.0. The Hall–Kier alpha value is -1.96. The van der Waals surface area contributed by atoms with Gasteiger partial charge in [-0.25, -0.2) is 4.98 Å². The molecule has 0 amide bonds. The number of hydrogen-bond donors (Lipinski definition) is 2. The van der Waals surface area contributed by atoms with Crippen molar-refractivity contribution < 1.29 is 4.92 Å². The van der Waals surface area contributed by atoms with E-state index in [2.05, 4.69) is 36.4 Å². The van der Waals surface area contributed by atoms with E-state index in [0.717, 1.165) is 17.0 Å². The lowest BCUT2D eigenvalue weighted by Gasteiger charge is -2.06. The van der Waals surface area contributed by atoms with E-state index in [0.29, 0.717) is 11.0 Å². The molecule has 0 saturated carbocycles. The molecule has 0 fully saturated rings. The van der Waals surface area contributed by atoms with Gasteiger partial charge in [-0.05, 0) is 29.8 Å². The average molecular weight is 326 g/mol. The SMILES string of the molecule is Cc1n[nH]c(C)c1CNc1ncc(Br)cc1[N+](=O)[O-]. The number of H-pyrrole nitrogens is 1. The Kier molecular flexibility index (Phi) is 3.79. The Labute approximate surface area is 117 Å². The molecular formula is C11H12BrN5O2. The molecule has 0 aliphatic rings. The summed E-state index contributed by atoms with van der Waals surface area (Å²) < 4.78 is 0.570. The third-order valence-corrected chi connectivity index (χ3v) is 3.18. The summed E-state index contributed by atoms with van der Waals surface area (Å²) in [6, 6.07) is 1.42. The van der Waals surface area contributed by atoms with E-state index < -0.39 is 4.92 Å². The van der Waals surface area contributed by atoms with E-state index in [1.807, 2.05) is 13.8 Å². The van der Waals surface area contributed by atoms with E-state index in [1.165, 1.54) is 12.3 Å². The minimum atomic E-state index is -0.463. The zero-order valence-corrected chi connectivity index (χ0v) is 12.0. The zero-order valence-electron chi connectivity index (χ0n) is 10.4. The van der Waals surface area contributed by atoms with Crippen molar-refractivity contribution in [1.29, 1.82) is 0 Å². The van der Waals surface area contributed by atoms with Crippen molar-refractivity contribution in [2.45, 2.75) is 20.4 Å². The largest absolute Gasteiger partial charge is 0.360 e. The second kappa shape index (κ2) is 5.35. The molecule has 0 bridgehead atoms. The molecule has 2 heterocycles. The minimum absolute atomic E-state index is 0.0619. The second-order valence-electron chi connectivity index (χ2n) is 4.04. The number of nitrogens with zero attached hydrogens (tertiary/aromatic N) is 3. The Bertz CT molecular complexity index is 606. The van der Waals surface area contributed by atoms with Crippen molar-refractivity contribution >= 4 is 27.4 Å². The van der Waals surface area contributed by atoms with Crippen LogP contribution in [0, 0.1) is 24.0 Å². The maximum atomic E-state index is 11.0. The van der Waals surface area contributed by atoms with Gasteiger partial charge in [0.2, 0.25) is 5.82 Å². The Morgan fingerprint density at radius 1 is 1.53 bits per heavy atom. The predicted octanol–water partition coefficient (Wildman–Crippen LogP) is 2.70. The zero-order chi connectivity index (χ0) is 14.0. The van der Waals surface area contributed by atoms with Gasteiger partial charge < -0.3 is 5.32 Å². The Morgan fingerprint density at radius 2 is 2.26 bits per heavy atom. The molecule has 0 unspecified atom stereocenters. The summed E-state index contributed by atoms with van der Waals surface area (Å²) in [7, 11) is 0. The first-order valence-electron chi connectivity index (χ1n) is 5.53. The van der Waals surface area contributed by atoms with Crippen LogP contribution in [0.3, 0.4) is 0 Å². The molecule has 8 heteroatoms. The summed E-state index contributed by atoms with van der Waals surface area (Å²) in [6.07, 6.45) is 1.52. The van der Waals surface area contributed by atoms with E-state index in [1.54, 1.807) is 0 Å². The fraction of sp³-hybridized carbons (Fsp3) is 0.273. The highest BCUT2D eigenvalue weighted by molar-refractivity contribution is 9.10. The highest BCUT2D eigenvalue weighted by atomic mass is 79.9. The van der Waals surface area contributed by atoms with Crippen LogP contribution in [-0.4, -0.2) is 20.1 Å². The fourth-order valence-electron chi connectivity index (χ4n) is 1.71. The molecule has 2 aromatic rings. The van der Waals surface area contributed by atoms with Gasteiger partial charge in [0.15, 0.2) is 0 Å². The van der Waals surface area contributed by atoms with E-state index in [9.17, 15) is 10.1 Å². The maximum Gasteiger partial charge on any atom is 0.312 e. The van der Waals surface area contributed by atoms with Gasteiger partial charge in [0.25, 0.3) is 0 Å². The van der Waals surface area contributed by atoms with Crippen LogP contribution in [0.2, 0.25) is 0 Å². The number of rotatable bonds is 4. The van der Waals surface area contributed by atoms with Crippen molar-refractivity contribution in [2.75, 3.05) is 5.32 Å². The van der Waals surface area contributed by atoms with Gasteiger partial charge in [0, 0.05) is 34.5 Å². The monoisotopic (exact) mass is 325 g/mol. The number of aromatic nitrogens is 3. The molecule has 0 aliphatic carbocycles. The quantitative estimate of drug-likeness (QED) is 0.665. The molecule has 2 N–H and O–H groups in total. The van der Waals surface area contributed by atoms with Crippen LogP contribution in [0.5, 0.6) is 0 Å². The van der Waals surface area contributed by atoms with E-state index in [-0.39, 0.29) is 11.5 Å². The van der Waals surface area contributed by atoms with Crippen molar-refractivity contribution in [3.8, 4) is 0 Å². The number of hydrogen-bond acceptors (Lipinski definition) is 5. The minimum Gasteiger partial charge on any atom is -0.360 e. The lowest BCUT2D eigenvalue weighted by molar-refractivity contribution is -0.384. The van der Waals surface area contributed by atoms with Crippen molar-refractivity contribution in [3.63, 3.8) is 0 Å². The standard InChI is InChI=1S/C11H12BrN5O2/c1-6-9(7(2)16-15-6)5-14-11-10(17(18)19)3-8(12)4-13-11/h3-4H,5H2,1-2H3,(H,13,14)(H,15,16). The summed E-state index contributed by atoms with van der Waals surface area (Å²) in [4.78, 5) is 14.5. The number of pyridine rings is 1. The van der Waals surface area contributed by atoms with Crippen LogP contribution in [0.4, 0.5) is 11.5 Å². The molecule has 2 aromatic heterocycles. The Balaban J connectivity index is 2.23. The van der Waals surface area contributed by atoms with Gasteiger partial charge in [0.1, 0.15) is 0 Å². The number of aromatic amines is 1. The van der Waals surface area contributed by atoms with Gasteiger partial charge in [-0.2, -0.15) is 5.10 Å². The summed E-state index contributed by atoms with van der Waals surface area (Å²) >= 11 is 3.17. The molecule has 0 aromatic carbocycles. The van der Waals surface area contributed by atoms with Crippen LogP contribution in [-0.2, 0) is 6.54 Å². The van der Waals surface area contributed by atoms with E-state index in [4.69, 9.17) is 0 Å². The average Bonchev–Trinajstić information content (AvgIpc) is 2.68. The second-order valence-corrected chi connectivity index (χ2v) is 4.96. The Morgan fingerprint density at radius 3 is 2.84 bits per heavy atom. The first-order chi connectivity index (χ1) is 8.99. The third-order valence-electron chi connectivity index (χ3n) is 2.74. The highest BCUT2D eigenvalue weighted by Crippen LogP contribution is 2.26. The number of halogens is 1. The number of anilines is 1. The van der Waals surface area contributed by atoms with Crippen LogP contribution in [0.15, 0.2) is 16.7 Å². The summed E-state index contributed by atoms with van der Waals surface area (Å²) in [5.41, 5.74) is 2.72.